The number of rotatable bonds is 5. The molecule has 4 nitrogen and oxygen atoms in total. The summed E-state index contributed by atoms with van der Waals surface area (Å²) in [6.45, 7) is 4.23. The van der Waals surface area contributed by atoms with Crippen LogP contribution in [0.15, 0.2) is 65.1 Å². The van der Waals surface area contributed by atoms with E-state index in [2.05, 4.69) is 5.32 Å². The number of anilines is 1. The monoisotopic (exact) mass is 321 g/mol. The number of carbonyl (C=O) groups is 1. The van der Waals surface area contributed by atoms with Crippen LogP contribution in [0.1, 0.15) is 23.0 Å². The number of hydrogen-bond donors (Lipinski definition) is 1. The van der Waals surface area contributed by atoms with E-state index in [-0.39, 0.29) is 5.91 Å². The Morgan fingerprint density at radius 2 is 1.79 bits per heavy atom. The molecule has 1 aromatic heterocycles. The van der Waals surface area contributed by atoms with Gasteiger partial charge in [-0.05, 0) is 32.0 Å². The molecule has 0 aliphatic rings. The van der Waals surface area contributed by atoms with Crippen LogP contribution in [0.5, 0.6) is 5.75 Å². The van der Waals surface area contributed by atoms with Crippen molar-refractivity contribution in [2.75, 3.05) is 11.9 Å². The molecule has 1 heterocycles. The minimum atomic E-state index is -0.217. The lowest BCUT2D eigenvalue weighted by atomic mass is 10.1. The minimum Gasteiger partial charge on any atom is -0.492 e. The van der Waals surface area contributed by atoms with Crippen molar-refractivity contribution in [1.82, 2.24) is 0 Å². The second kappa shape index (κ2) is 7.04. The smallest absolute Gasteiger partial charge is 0.259 e. The van der Waals surface area contributed by atoms with Crippen molar-refractivity contribution >= 4 is 11.6 Å². The van der Waals surface area contributed by atoms with Crippen LogP contribution < -0.4 is 10.1 Å². The van der Waals surface area contributed by atoms with E-state index in [4.69, 9.17) is 9.15 Å². The van der Waals surface area contributed by atoms with Crippen molar-refractivity contribution in [1.29, 1.82) is 0 Å². The highest BCUT2D eigenvalue weighted by Crippen LogP contribution is 2.28. The third-order valence-electron chi connectivity index (χ3n) is 3.66. The normalized spacial score (nSPS) is 10.4. The van der Waals surface area contributed by atoms with Gasteiger partial charge in [0, 0.05) is 5.56 Å². The van der Waals surface area contributed by atoms with Crippen LogP contribution in [-0.4, -0.2) is 12.5 Å². The minimum absolute atomic E-state index is 0.217. The van der Waals surface area contributed by atoms with Gasteiger partial charge in [-0.3, -0.25) is 4.79 Å². The first-order valence-corrected chi connectivity index (χ1v) is 7.88. The van der Waals surface area contributed by atoms with Gasteiger partial charge in [0.25, 0.3) is 5.91 Å². The standard InChI is InChI=1S/C20H19NO3/c1-3-23-18-12-8-7-11-17(18)21-20(22)16-13-19(24-14(16)2)15-9-5-4-6-10-15/h4-13H,3H2,1-2H3,(H,21,22). The number of furan rings is 1. The molecule has 0 aliphatic carbocycles. The van der Waals surface area contributed by atoms with Crippen LogP contribution in [0.25, 0.3) is 11.3 Å². The van der Waals surface area contributed by atoms with E-state index in [1.165, 1.54) is 0 Å². The molecule has 0 bridgehead atoms. The lowest BCUT2D eigenvalue weighted by Gasteiger charge is -2.10. The Labute approximate surface area is 141 Å². The molecule has 1 N–H and O–H groups in total. The number of carbonyl (C=O) groups excluding carboxylic acids is 1. The van der Waals surface area contributed by atoms with Gasteiger partial charge in [-0.2, -0.15) is 0 Å². The van der Waals surface area contributed by atoms with E-state index in [9.17, 15) is 4.79 Å². The second-order valence-electron chi connectivity index (χ2n) is 5.33. The first-order valence-electron chi connectivity index (χ1n) is 7.88. The summed E-state index contributed by atoms with van der Waals surface area (Å²) < 4.78 is 11.3. The Bertz CT molecular complexity index is 837. The highest BCUT2D eigenvalue weighted by molar-refractivity contribution is 6.06. The summed E-state index contributed by atoms with van der Waals surface area (Å²) in [5, 5.41) is 2.89. The number of aryl methyl sites for hydroxylation is 1. The lowest BCUT2D eigenvalue weighted by molar-refractivity contribution is 0.102. The molecule has 0 fully saturated rings. The molecule has 1 amide bonds. The van der Waals surface area contributed by atoms with Crippen LogP contribution in [0.2, 0.25) is 0 Å². The van der Waals surface area contributed by atoms with Gasteiger partial charge in [-0.1, -0.05) is 42.5 Å². The molecular formula is C20H19NO3. The molecule has 24 heavy (non-hydrogen) atoms. The Kier molecular flexibility index (Phi) is 4.66. The van der Waals surface area contributed by atoms with Crippen LogP contribution in [0, 0.1) is 6.92 Å². The maximum atomic E-state index is 12.6. The van der Waals surface area contributed by atoms with E-state index in [1.54, 1.807) is 13.0 Å². The van der Waals surface area contributed by atoms with Crippen molar-refractivity contribution in [3.63, 3.8) is 0 Å². The van der Waals surface area contributed by atoms with Crippen molar-refractivity contribution in [2.45, 2.75) is 13.8 Å². The largest absolute Gasteiger partial charge is 0.492 e. The van der Waals surface area contributed by atoms with Gasteiger partial charge in [0.15, 0.2) is 0 Å². The summed E-state index contributed by atoms with van der Waals surface area (Å²) in [4.78, 5) is 12.6. The zero-order valence-electron chi connectivity index (χ0n) is 13.7. The fourth-order valence-electron chi connectivity index (χ4n) is 2.49. The molecule has 2 aromatic carbocycles. The summed E-state index contributed by atoms with van der Waals surface area (Å²) in [6, 6.07) is 18.9. The molecule has 0 saturated carbocycles. The zero-order chi connectivity index (χ0) is 16.9. The Morgan fingerprint density at radius 1 is 1.08 bits per heavy atom. The summed E-state index contributed by atoms with van der Waals surface area (Å²) in [5.74, 6) is 1.69. The molecule has 0 spiro atoms. The zero-order valence-corrected chi connectivity index (χ0v) is 13.7. The van der Waals surface area contributed by atoms with Crippen molar-refractivity contribution < 1.29 is 13.9 Å². The molecule has 3 rings (SSSR count). The van der Waals surface area contributed by atoms with Gasteiger partial charge in [-0.25, -0.2) is 0 Å². The van der Waals surface area contributed by atoms with Gasteiger partial charge in [0.2, 0.25) is 0 Å². The van der Waals surface area contributed by atoms with Gasteiger partial charge >= 0.3 is 0 Å². The predicted molar refractivity (Wildman–Crippen MR) is 94.4 cm³/mol. The fraction of sp³-hybridized carbons (Fsp3) is 0.150. The van der Waals surface area contributed by atoms with Crippen molar-refractivity contribution in [3.05, 3.63) is 72.0 Å². The molecule has 0 atom stereocenters. The Morgan fingerprint density at radius 3 is 2.54 bits per heavy atom. The quantitative estimate of drug-likeness (QED) is 0.726. The third kappa shape index (κ3) is 3.33. The van der Waals surface area contributed by atoms with E-state index >= 15 is 0 Å². The predicted octanol–water partition coefficient (Wildman–Crippen LogP) is 4.91. The first-order chi connectivity index (χ1) is 11.7. The molecule has 4 heteroatoms. The molecule has 122 valence electrons. The molecule has 3 aromatic rings. The number of hydrogen-bond acceptors (Lipinski definition) is 3. The second-order valence-corrected chi connectivity index (χ2v) is 5.33. The van der Waals surface area contributed by atoms with Gasteiger partial charge in [-0.15, -0.1) is 0 Å². The topological polar surface area (TPSA) is 51.5 Å². The number of amides is 1. The third-order valence-corrected chi connectivity index (χ3v) is 3.66. The highest BCUT2D eigenvalue weighted by atomic mass is 16.5. The van der Waals surface area contributed by atoms with Crippen molar-refractivity contribution in [2.24, 2.45) is 0 Å². The summed E-state index contributed by atoms with van der Waals surface area (Å²) >= 11 is 0. The van der Waals surface area contributed by atoms with E-state index in [0.29, 0.717) is 35.1 Å². The summed E-state index contributed by atoms with van der Waals surface area (Å²) in [7, 11) is 0. The first kappa shape index (κ1) is 15.9. The van der Waals surface area contributed by atoms with E-state index in [0.717, 1.165) is 5.56 Å². The molecule has 0 unspecified atom stereocenters. The molecule has 0 radical (unpaired) electrons. The van der Waals surface area contributed by atoms with Crippen LogP contribution in [0.4, 0.5) is 5.69 Å². The van der Waals surface area contributed by atoms with Gasteiger partial charge in [0.05, 0.1) is 17.9 Å². The van der Waals surface area contributed by atoms with Crippen LogP contribution in [-0.2, 0) is 0 Å². The van der Waals surface area contributed by atoms with Gasteiger partial charge < -0.3 is 14.5 Å². The number of ether oxygens (including phenoxy) is 1. The number of benzene rings is 2. The lowest BCUT2D eigenvalue weighted by Crippen LogP contribution is -2.13. The van der Waals surface area contributed by atoms with Crippen LogP contribution in [0.3, 0.4) is 0 Å². The average Bonchev–Trinajstić information content (AvgIpc) is 3.00. The number of para-hydroxylation sites is 2. The Hall–Kier alpha value is -3.01. The molecular weight excluding hydrogens is 302 g/mol. The van der Waals surface area contributed by atoms with Crippen molar-refractivity contribution in [3.8, 4) is 17.1 Å². The maximum Gasteiger partial charge on any atom is 0.259 e. The molecule has 0 saturated heterocycles. The van der Waals surface area contributed by atoms with Gasteiger partial charge in [0.1, 0.15) is 17.3 Å². The SMILES string of the molecule is CCOc1ccccc1NC(=O)c1cc(-c2ccccc2)oc1C. The van der Waals surface area contributed by atoms with E-state index < -0.39 is 0 Å². The summed E-state index contributed by atoms with van der Waals surface area (Å²) in [5.41, 5.74) is 2.10. The molecule has 0 aliphatic heterocycles. The van der Waals surface area contributed by atoms with Crippen LogP contribution >= 0.6 is 0 Å². The summed E-state index contributed by atoms with van der Waals surface area (Å²) in [6.07, 6.45) is 0. The van der Waals surface area contributed by atoms with E-state index in [1.807, 2.05) is 61.5 Å². The fourth-order valence-corrected chi connectivity index (χ4v) is 2.49. The number of nitrogens with one attached hydrogen (secondary N) is 1. The Balaban J connectivity index is 1.85. The average molecular weight is 321 g/mol. The maximum absolute atomic E-state index is 12.6. The highest BCUT2D eigenvalue weighted by Gasteiger charge is 2.17.